The Balaban J connectivity index is 0.00000162. The van der Waals surface area contributed by atoms with Crippen molar-refractivity contribution in [2.24, 2.45) is 5.73 Å². The van der Waals surface area contributed by atoms with Crippen LogP contribution in [0, 0.1) is 0 Å². The minimum absolute atomic E-state index is 0. The second kappa shape index (κ2) is 6.07. The SMILES string of the molecule is CCOc1ccccc1CNC(=O)C1(N)CC1.Cl. The molecule has 0 heterocycles. The summed E-state index contributed by atoms with van der Waals surface area (Å²) in [5.74, 6) is 0.751. The number of hydrogen-bond donors (Lipinski definition) is 2. The molecule has 0 unspecified atom stereocenters. The van der Waals surface area contributed by atoms with Crippen molar-refractivity contribution < 1.29 is 9.53 Å². The van der Waals surface area contributed by atoms with Gasteiger partial charge in [0.25, 0.3) is 0 Å². The maximum absolute atomic E-state index is 11.7. The highest BCUT2D eigenvalue weighted by Gasteiger charge is 2.45. The van der Waals surface area contributed by atoms with E-state index in [1.165, 1.54) is 0 Å². The quantitative estimate of drug-likeness (QED) is 0.854. The van der Waals surface area contributed by atoms with E-state index in [4.69, 9.17) is 10.5 Å². The summed E-state index contributed by atoms with van der Waals surface area (Å²) >= 11 is 0. The molecular weight excluding hydrogens is 252 g/mol. The molecule has 1 amide bonds. The topological polar surface area (TPSA) is 64.3 Å². The van der Waals surface area contributed by atoms with Crippen molar-refractivity contribution in [1.82, 2.24) is 5.32 Å². The highest BCUT2D eigenvalue weighted by atomic mass is 35.5. The molecule has 0 aliphatic heterocycles. The van der Waals surface area contributed by atoms with E-state index in [-0.39, 0.29) is 18.3 Å². The van der Waals surface area contributed by atoms with Crippen molar-refractivity contribution in [2.75, 3.05) is 6.61 Å². The molecule has 0 radical (unpaired) electrons. The van der Waals surface area contributed by atoms with Crippen LogP contribution in [0.25, 0.3) is 0 Å². The van der Waals surface area contributed by atoms with Crippen LogP contribution in [0.2, 0.25) is 0 Å². The van der Waals surface area contributed by atoms with Crippen LogP contribution in [0.1, 0.15) is 25.3 Å². The Labute approximate surface area is 113 Å². The Bertz CT molecular complexity index is 419. The molecule has 0 saturated heterocycles. The largest absolute Gasteiger partial charge is 0.494 e. The minimum atomic E-state index is -0.611. The highest BCUT2D eigenvalue weighted by Crippen LogP contribution is 2.32. The number of nitrogens with two attached hydrogens (primary N) is 1. The van der Waals surface area contributed by atoms with E-state index in [1.54, 1.807) is 0 Å². The van der Waals surface area contributed by atoms with Gasteiger partial charge in [0.1, 0.15) is 5.75 Å². The van der Waals surface area contributed by atoms with Crippen molar-refractivity contribution >= 4 is 18.3 Å². The van der Waals surface area contributed by atoms with Crippen molar-refractivity contribution in [1.29, 1.82) is 0 Å². The van der Waals surface area contributed by atoms with Gasteiger partial charge in [0.2, 0.25) is 5.91 Å². The fourth-order valence-corrected chi connectivity index (χ4v) is 1.66. The molecule has 5 heteroatoms. The Hall–Kier alpha value is -1.26. The zero-order valence-electron chi connectivity index (χ0n) is 10.4. The second-order valence-electron chi connectivity index (χ2n) is 4.38. The molecule has 1 aliphatic carbocycles. The van der Waals surface area contributed by atoms with Gasteiger partial charge in [-0.05, 0) is 25.8 Å². The molecule has 4 nitrogen and oxygen atoms in total. The second-order valence-corrected chi connectivity index (χ2v) is 4.38. The summed E-state index contributed by atoms with van der Waals surface area (Å²) in [6.45, 7) is 3.02. The molecular formula is C13H19ClN2O2. The highest BCUT2D eigenvalue weighted by molar-refractivity contribution is 5.88. The average Bonchev–Trinajstić information content (AvgIpc) is 3.08. The Morgan fingerprint density at radius 3 is 2.72 bits per heavy atom. The first kappa shape index (κ1) is 14.8. The summed E-state index contributed by atoms with van der Waals surface area (Å²) in [5.41, 5.74) is 6.18. The number of rotatable bonds is 5. The molecule has 2 rings (SSSR count). The van der Waals surface area contributed by atoms with Crippen LogP contribution in [-0.4, -0.2) is 18.1 Å². The molecule has 0 aromatic heterocycles. The minimum Gasteiger partial charge on any atom is -0.494 e. The number of carbonyl (C=O) groups is 1. The Morgan fingerprint density at radius 1 is 1.44 bits per heavy atom. The lowest BCUT2D eigenvalue weighted by Gasteiger charge is -2.13. The summed E-state index contributed by atoms with van der Waals surface area (Å²) in [7, 11) is 0. The van der Waals surface area contributed by atoms with Crippen LogP contribution < -0.4 is 15.8 Å². The van der Waals surface area contributed by atoms with Gasteiger partial charge < -0.3 is 15.8 Å². The summed E-state index contributed by atoms with van der Waals surface area (Å²) in [6.07, 6.45) is 1.57. The molecule has 1 aromatic rings. The smallest absolute Gasteiger partial charge is 0.240 e. The number of carbonyl (C=O) groups excluding carboxylic acids is 1. The zero-order valence-corrected chi connectivity index (χ0v) is 11.3. The van der Waals surface area contributed by atoms with Crippen molar-refractivity contribution in [3.8, 4) is 5.75 Å². The fourth-order valence-electron chi connectivity index (χ4n) is 1.66. The van der Waals surface area contributed by atoms with Crippen LogP contribution in [0.15, 0.2) is 24.3 Å². The number of ether oxygens (including phenoxy) is 1. The fraction of sp³-hybridized carbons (Fsp3) is 0.462. The maximum atomic E-state index is 11.7. The van der Waals surface area contributed by atoms with E-state index in [9.17, 15) is 4.79 Å². The van der Waals surface area contributed by atoms with Crippen LogP contribution in [0.4, 0.5) is 0 Å². The summed E-state index contributed by atoms with van der Waals surface area (Å²) in [6, 6.07) is 7.70. The molecule has 1 aliphatic rings. The predicted molar refractivity (Wildman–Crippen MR) is 72.9 cm³/mol. The van der Waals surface area contributed by atoms with Gasteiger partial charge in [0.05, 0.1) is 12.1 Å². The van der Waals surface area contributed by atoms with Crippen LogP contribution in [-0.2, 0) is 11.3 Å². The first-order valence-electron chi connectivity index (χ1n) is 5.93. The lowest BCUT2D eigenvalue weighted by Crippen LogP contribution is -2.42. The van der Waals surface area contributed by atoms with E-state index in [0.29, 0.717) is 13.2 Å². The number of para-hydroxylation sites is 1. The van der Waals surface area contributed by atoms with Gasteiger partial charge in [-0.3, -0.25) is 4.79 Å². The van der Waals surface area contributed by atoms with E-state index in [2.05, 4.69) is 5.32 Å². The van der Waals surface area contributed by atoms with Gasteiger partial charge in [-0.25, -0.2) is 0 Å². The van der Waals surface area contributed by atoms with Crippen molar-refractivity contribution in [3.63, 3.8) is 0 Å². The summed E-state index contributed by atoms with van der Waals surface area (Å²) < 4.78 is 5.49. The van der Waals surface area contributed by atoms with Gasteiger partial charge in [-0.15, -0.1) is 12.4 Å². The van der Waals surface area contributed by atoms with Crippen molar-refractivity contribution in [3.05, 3.63) is 29.8 Å². The first-order chi connectivity index (χ1) is 8.15. The number of hydrogen-bond acceptors (Lipinski definition) is 3. The third kappa shape index (κ3) is 3.37. The number of halogens is 1. The van der Waals surface area contributed by atoms with E-state index >= 15 is 0 Å². The number of benzene rings is 1. The molecule has 18 heavy (non-hydrogen) atoms. The number of amides is 1. The molecule has 100 valence electrons. The van der Waals surface area contributed by atoms with Gasteiger partial charge >= 0.3 is 0 Å². The molecule has 1 saturated carbocycles. The van der Waals surface area contributed by atoms with Crippen LogP contribution in [0.3, 0.4) is 0 Å². The molecule has 1 fully saturated rings. The van der Waals surface area contributed by atoms with Gasteiger partial charge in [-0.2, -0.15) is 0 Å². The molecule has 0 bridgehead atoms. The van der Waals surface area contributed by atoms with Crippen molar-refractivity contribution in [2.45, 2.75) is 31.8 Å². The maximum Gasteiger partial charge on any atom is 0.240 e. The van der Waals surface area contributed by atoms with Crippen LogP contribution >= 0.6 is 12.4 Å². The van der Waals surface area contributed by atoms with Gasteiger partial charge in [0, 0.05) is 12.1 Å². The van der Waals surface area contributed by atoms with Crippen LogP contribution in [0.5, 0.6) is 5.75 Å². The lowest BCUT2D eigenvalue weighted by molar-refractivity contribution is -0.123. The Morgan fingerprint density at radius 2 is 2.11 bits per heavy atom. The monoisotopic (exact) mass is 270 g/mol. The zero-order chi connectivity index (χ0) is 12.3. The average molecular weight is 271 g/mol. The first-order valence-corrected chi connectivity index (χ1v) is 5.93. The van der Waals surface area contributed by atoms with E-state index in [1.807, 2.05) is 31.2 Å². The summed E-state index contributed by atoms with van der Waals surface area (Å²) in [5, 5.41) is 2.86. The normalized spacial score (nSPS) is 15.4. The predicted octanol–water partition coefficient (Wildman–Crippen LogP) is 1.61. The molecule has 3 N–H and O–H groups in total. The van der Waals surface area contributed by atoms with E-state index in [0.717, 1.165) is 24.2 Å². The molecule has 0 atom stereocenters. The standard InChI is InChI=1S/C13H18N2O2.ClH/c1-2-17-11-6-4-3-5-10(11)9-15-12(16)13(14)7-8-13;/h3-6H,2,7-9,14H2,1H3,(H,15,16);1H. The Kier molecular flexibility index (Phi) is 4.99. The lowest BCUT2D eigenvalue weighted by atomic mass is 10.2. The number of nitrogens with one attached hydrogen (secondary N) is 1. The third-order valence-electron chi connectivity index (χ3n) is 2.95. The van der Waals surface area contributed by atoms with Gasteiger partial charge in [-0.1, -0.05) is 18.2 Å². The van der Waals surface area contributed by atoms with E-state index < -0.39 is 5.54 Å². The van der Waals surface area contributed by atoms with Gasteiger partial charge in [0.15, 0.2) is 0 Å². The molecule has 0 spiro atoms. The molecule has 1 aromatic carbocycles. The third-order valence-corrected chi connectivity index (χ3v) is 2.95. The summed E-state index contributed by atoms with van der Waals surface area (Å²) in [4.78, 5) is 11.7.